The van der Waals surface area contributed by atoms with Gasteiger partial charge in [-0.1, -0.05) is 0 Å². The summed E-state index contributed by atoms with van der Waals surface area (Å²) < 4.78 is 20.5. The fraction of sp³-hybridized carbons (Fsp3) is 0.375. The van der Waals surface area contributed by atoms with E-state index in [4.69, 9.17) is 14.2 Å². The van der Waals surface area contributed by atoms with Crippen LogP contribution in [0.4, 0.5) is 0 Å². The molecule has 0 radical (unpaired) electrons. The van der Waals surface area contributed by atoms with E-state index in [1.807, 2.05) is 0 Å². The second-order valence-corrected chi connectivity index (χ2v) is 4.63. The third-order valence-electron chi connectivity index (χ3n) is 1.48. The zero-order chi connectivity index (χ0) is 10.6. The highest BCUT2D eigenvalue weighted by molar-refractivity contribution is 7.51. The first kappa shape index (κ1) is 11.2. The van der Waals surface area contributed by atoms with Crippen LogP contribution in [0.1, 0.15) is 5.69 Å². The summed E-state index contributed by atoms with van der Waals surface area (Å²) in [6.07, 6.45) is 1.55. The molecule has 0 bridgehead atoms. The summed E-state index contributed by atoms with van der Waals surface area (Å²) in [5.41, 5.74) is 0.556. The molecule has 1 aromatic heterocycles. The van der Waals surface area contributed by atoms with Gasteiger partial charge in [-0.3, -0.25) is 9.55 Å². The molecular formula is C8H12NO4P. The van der Waals surface area contributed by atoms with Crippen LogP contribution in [0.3, 0.4) is 0 Å². The topological polar surface area (TPSA) is 68.7 Å². The van der Waals surface area contributed by atoms with Crippen molar-refractivity contribution in [2.24, 2.45) is 0 Å². The van der Waals surface area contributed by atoms with Crippen LogP contribution in [0.5, 0.6) is 5.75 Å². The molecule has 1 heterocycles. The molecule has 0 aliphatic rings. The largest absolute Gasteiger partial charge is 0.497 e. The minimum atomic E-state index is -3.44. The van der Waals surface area contributed by atoms with Crippen LogP contribution < -0.4 is 4.74 Å². The van der Waals surface area contributed by atoms with Gasteiger partial charge in [-0.15, -0.1) is 0 Å². The van der Waals surface area contributed by atoms with Crippen molar-refractivity contribution >= 4 is 7.60 Å². The smallest absolute Gasteiger partial charge is 0.325 e. The molecule has 5 nitrogen and oxygen atoms in total. The molecule has 1 aromatic rings. The van der Waals surface area contributed by atoms with Crippen molar-refractivity contribution < 1.29 is 18.7 Å². The molecule has 14 heavy (non-hydrogen) atoms. The van der Waals surface area contributed by atoms with Crippen LogP contribution in [0, 0.1) is 0 Å². The Morgan fingerprint density at radius 3 is 2.93 bits per heavy atom. The highest BCUT2D eigenvalue weighted by atomic mass is 31.2. The Bertz CT molecular complexity index is 349. The van der Waals surface area contributed by atoms with Gasteiger partial charge in [0.2, 0.25) is 0 Å². The van der Waals surface area contributed by atoms with E-state index < -0.39 is 7.60 Å². The zero-order valence-electron chi connectivity index (χ0n) is 8.01. The van der Waals surface area contributed by atoms with Crippen molar-refractivity contribution in [3.63, 3.8) is 0 Å². The molecule has 1 rings (SSSR count). The molecule has 1 atom stereocenters. The van der Waals surface area contributed by atoms with Crippen molar-refractivity contribution in [2.45, 2.75) is 6.61 Å². The monoisotopic (exact) mass is 217 g/mol. The highest BCUT2D eigenvalue weighted by Gasteiger charge is 2.10. The Labute approximate surface area is 82.2 Å². The Morgan fingerprint density at radius 1 is 1.64 bits per heavy atom. The van der Waals surface area contributed by atoms with E-state index >= 15 is 0 Å². The van der Waals surface area contributed by atoms with Crippen LogP contribution in [0.2, 0.25) is 0 Å². The number of pyridine rings is 1. The van der Waals surface area contributed by atoms with Gasteiger partial charge in [0.05, 0.1) is 19.4 Å². The number of rotatable bonds is 4. The normalized spacial score (nSPS) is 14.8. The summed E-state index contributed by atoms with van der Waals surface area (Å²) >= 11 is 0. The molecule has 1 unspecified atom stereocenters. The van der Waals surface area contributed by atoms with E-state index in [1.165, 1.54) is 7.11 Å². The van der Waals surface area contributed by atoms with Crippen molar-refractivity contribution in [1.82, 2.24) is 4.98 Å². The van der Waals surface area contributed by atoms with E-state index in [2.05, 4.69) is 4.98 Å². The third kappa shape index (κ3) is 3.87. The Morgan fingerprint density at radius 2 is 2.36 bits per heavy atom. The number of methoxy groups -OCH3 is 1. The lowest BCUT2D eigenvalue weighted by molar-refractivity contribution is 0.251. The number of hydrogen-bond donors (Lipinski definition) is 1. The molecule has 0 amide bonds. The first-order chi connectivity index (χ1) is 6.51. The molecule has 0 aliphatic carbocycles. The molecule has 0 aliphatic heterocycles. The maximum Gasteiger partial charge on any atom is 0.325 e. The molecule has 0 saturated carbocycles. The number of hydrogen-bond acceptors (Lipinski definition) is 4. The number of aromatic nitrogens is 1. The predicted molar refractivity (Wildman–Crippen MR) is 51.3 cm³/mol. The maximum atomic E-state index is 10.8. The van der Waals surface area contributed by atoms with E-state index in [-0.39, 0.29) is 6.61 Å². The van der Waals surface area contributed by atoms with Crippen LogP contribution in [-0.2, 0) is 15.7 Å². The molecule has 6 heteroatoms. The lowest BCUT2D eigenvalue weighted by atomic mass is 10.3. The quantitative estimate of drug-likeness (QED) is 0.772. The van der Waals surface area contributed by atoms with Gasteiger partial charge in [0.1, 0.15) is 5.75 Å². The number of nitrogens with zero attached hydrogens (tertiary/aromatic N) is 1. The Kier molecular flexibility index (Phi) is 3.63. The summed E-state index contributed by atoms with van der Waals surface area (Å²) in [5.74, 6) is 0.641. The minimum Gasteiger partial charge on any atom is -0.497 e. The first-order valence-corrected chi connectivity index (χ1v) is 5.97. The van der Waals surface area contributed by atoms with Crippen LogP contribution in [0.15, 0.2) is 18.3 Å². The second-order valence-electron chi connectivity index (χ2n) is 2.76. The van der Waals surface area contributed by atoms with Crippen molar-refractivity contribution in [3.8, 4) is 5.75 Å². The van der Waals surface area contributed by atoms with Crippen molar-refractivity contribution in [1.29, 1.82) is 0 Å². The predicted octanol–water partition coefficient (Wildman–Crippen LogP) is 1.42. The van der Waals surface area contributed by atoms with E-state index in [9.17, 15) is 4.57 Å². The van der Waals surface area contributed by atoms with Crippen LogP contribution in [0.25, 0.3) is 0 Å². The summed E-state index contributed by atoms with van der Waals surface area (Å²) in [7, 11) is -1.90. The third-order valence-corrected chi connectivity index (χ3v) is 2.08. The molecule has 0 spiro atoms. The van der Waals surface area contributed by atoms with E-state index in [0.29, 0.717) is 11.4 Å². The van der Waals surface area contributed by atoms with Gasteiger partial charge in [-0.25, -0.2) is 0 Å². The van der Waals surface area contributed by atoms with Gasteiger partial charge in [-0.2, -0.15) is 0 Å². The average molecular weight is 217 g/mol. The van der Waals surface area contributed by atoms with Crippen LogP contribution >= 0.6 is 7.60 Å². The Hall–Kier alpha value is -0.900. The van der Waals surface area contributed by atoms with Gasteiger partial charge in [0.25, 0.3) is 0 Å². The summed E-state index contributed by atoms with van der Waals surface area (Å²) in [4.78, 5) is 12.8. The molecule has 0 aromatic carbocycles. The van der Waals surface area contributed by atoms with Gasteiger partial charge < -0.3 is 14.2 Å². The first-order valence-electron chi connectivity index (χ1n) is 3.95. The summed E-state index contributed by atoms with van der Waals surface area (Å²) in [6, 6.07) is 3.34. The summed E-state index contributed by atoms with van der Waals surface area (Å²) in [5, 5.41) is 0. The van der Waals surface area contributed by atoms with Crippen molar-refractivity contribution in [3.05, 3.63) is 24.0 Å². The fourth-order valence-electron chi connectivity index (χ4n) is 0.848. The lowest BCUT2D eigenvalue weighted by Crippen LogP contribution is -1.94. The van der Waals surface area contributed by atoms with E-state index in [1.54, 1.807) is 18.3 Å². The van der Waals surface area contributed by atoms with Crippen LogP contribution in [-0.4, -0.2) is 23.7 Å². The van der Waals surface area contributed by atoms with Gasteiger partial charge in [0.15, 0.2) is 0 Å². The minimum absolute atomic E-state index is 0.00147. The lowest BCUT2D eigenvalue weighted by Gasteiger charge is -2.06. The average Bonchev–Trinajstić information content (AvgIpc) is 2.14. The zero-order valence-corrected chi connectivity index (χ0v) is 8.90. The fourth-order valence-corrected chi connectivity index (χ4v) is 1.22. The molecule has 0 fully saturated rings. The van der Waals surface area contributed by atoms with Gasteiger partial charge in [0, 0.05) is 18.9 Å². The second kappa shape index (κ2) is 4.55. The SMILES string of the molecule is COc1ccnc(COP(C)(=O)O)c1. The molecular weight excluding hydrogens is 205 g/mol. The number of ether oxygens (including phenoxy) is 1. The van der Waals surface area contributed by atoms with Gasteiger partial charge in [-0.05, 0) is 6.07 Å². The molecule has 78 valence electrons. The molecule has 0 saturated heterocycles. The van der Waals surface area contributed by atoms with E-state index in [0.717, 1.165) is 6.66 Å². The standard InChI is InChI=1S/C8H12NO4P/c1-12-8-3-4-9-7(5-8)6-13-14(2,10)11/h3-5H,6H2,1-2H3,(H,10,11). The highest BCUT2D eigenvalue weighted by Crippen LogP contribution is 2.37. The summed E-state index contributed by atoms with van der Waals surface area (Å²) in [6.45, 7) is 1.13. The molecule has 1 N–H and O–H groups in total. The Balaban J connectivity index is 2.63. The van der Waals surface area contributed by atoms with Crippen molar-refractivity contribution in [2.75, 3.05) is 13.8 Å². The maximum absolute atomic E-state index is 10.8. The van der Waals surface area contributed by atoms with Gasteiger partial charge >= 0.3 is 7.60 Å².